The minimum atomic E-state index is -3.68. The summed E-state index contributed by atoms with van der Waals surface area (Å²) < 4.78 is 81.6. The third-order valence-electron chi connectivity index (χ3n) is 4.27. The number of hydrogen-bond donors (Lipinski definition) is 3. The molecular formula is C17H16F5N7O4. The van der Waals surface area contributed by atoms with E-state index in [2.05, 4.69) is 34.7 Å². The van der Waals surface area contributed by atoms with E-state index in [4.69, 9.17) is 16.2 Å². The molecule has 1 amide bonds. The Morgan fingerprint density at radius 1 is 1.30 bits per heavy atom. The van der Waals surface area contributed by atoms with Gasteiger partial charge in [0.15, 0.2) is 24.6 Å². The molecule has 3 rings (SSSR count). The number of carbonyl (C=O) groups excluding carboxylic acids is 1. The number of pyridine rings is 1. The van der Waals surface area contributed by atoms with Crippen molar-refractivity contribution in [1.82, 2.24) is 15.0 Å². The van der Waals surface area contributed by atoms with E-state index < -0.39 is 66.4 Å². The van der Waals surface area contributed by atoms with E-state index in [1.165, 1.54) is 0 Å². The molecule has 0 radical (unpaired) electrons. The van der Waals surface area contributed by atoms with E-state index in [-0.39, 0.29) is 11.7 Å². The van der Waals surface area contributed by atoms with E-state index in [0.29, 0.717) is 0 Å². The van der Waals surface area contributed by atoms with E-state index >= 15 is 0 Å². The number of amidine groups is 1. The Kier molecular flexibility index (Phi) is 6.37. The van der Waals surface area contributed by atoms with E-state index in [9.17, 15) is 26.7 Å². The summed E-state index contributed by atoms with van der Waals surface area (Å²) >= 11 is 0. The second-order valence-electron chi connectivity index (χ2n) is 6.66. The second-order valence-corrected chi connectivity index (χ2v) is 6.66. The van der Waals surface area contributed by atoms with Crippen LogP contribution in [0.3, 0.4) is 0 Å². The molecule has 0 saturated carbocycles. The van der Waals surface area contributed by atoms with Crippen molar-refractivity contribution >= 4 is 23.8 Å². The Morgan fingerprint density at radius 3 is 2.70 bits per heavy atom. The van der Waals surface area contributed by atoms with Gasteiger partial charge in [-0.2, -0.15) is 13.8 Å². The summed E-state index contributed by atoms with van der Waals surface area (Å²) in [6.45, 7) is -1.20. The molecule has 0 unspecified atom stereocenters. The first-order valence-electron chi connectivity index (χ1n) is 8.96. The van der Waals surface area contributed by atoms with Gasteiger partial charge in [0.05, 0.1) is 6.20 Å². The zero-order chi connectivity index (χ0) is 24.4. The van der Waals surface area contributed by atoms with Crippen molar-refractivity contribution in [2.75, 3.05) is 24.3 Å². The highest BCUT2D eigenvalue weighted by atomic mass is 19.3. The summed E-state index contributed by atoms with van der Waals surface area (Å²) in [6, 6.07) is 1.17. The van der Waals surface area contributed by atoms with Gasteiger partial charge in [-0.05, 0) is 19.1 Å². The first kappa shape index (κ1) is 23.7. The molecule has 1 aliphatic heterocycles. The maximum Gasteiger partial charge on any atom is 0.419 e. The van der Waals surface area contributed by atoms with Crippen LogP contribution in [-0.4, -0.2) is 52.6 Å². The van der Waals surface area contributed by atoms with Crippen molar-refractivity contribution in [3.8, 4) is 11.8 Å². The van der Waals surface area contributed by atoms with Gasteiger partial charge in [-0.1, -0.05) is 0 Å². The average molecular weight is 477 g/mol. The van der Waals surface area contributed by atoms with E-state index in [1.54, 1.807) is 0 Å². The third kappa shape index (κ3) is 5.09. The van der Waals surface area contributed by atoms with Gasteiger partial charge in [-0.25, -0.2) is 32.9 Å². The van der Waals surface area contributed by atoms with Crippen LogP contribution >= 0.6 is 0 Å². The summed E-state index contributed by atoms with van der Waals surface area (Å²) in [5.41, 5.74) is 7.57. The molecule has 0 fully saturated rings. The van der Waals surface area contributed by atoms with Crippen molar-refractivity contribution in [1.29, 1.82) is 0 Å². The Hall–Kier alpha value is -3.98. The zero-order valence-electron chi connectivity index (χ0n) is 16.7. The molecule has 11 nitrogen and oxygen atoms in total. The molecule has 5 N–H and O–H groups in total. The van der Waals surface area contributed by atoms with E-state index in [0.717, 1.165) is 25.3 Å². The minimum absolute atomic E-state index is 0.337. The number of aliphatic imine (C=N–C) groups is 1. The van der Waals surface area contributed by atoms with Crippen LogP contribution in [0, 0.1) is 5.82 Å². The summed E-state index contributed by atoms with van der Waals surface area (Å²) in [5, 5.41) is 2.09. The fourth-order valence-corrected chi connectivity index (χ4v) is 2.61. The van der Waals surface area contributed by atoms with Crippen LogP contribution in [0.1, 0.15) is 12.6 Å². The van der Waals surface area contributed by atoms with Crippen molar-refractivity contribution in [3.63, 3.8) is 0 Å². The maximum absolute atomic E-state index is 14.5. The number of hydrogen-bond acceptors (Lipinski definition) is 10. The standard InChI is InChI=1S/C17H16F5N7O4/c1-16(17(21,22)6-32-14(24)29-16)11-7(18)2-3-9(26-11)27-15(30)33-13-12(23)28-10(4-25-13)31-5-8(19)20/h2-4,8H,5-6H2,1H3,(H2,23,28)(H2,24,29)(H,26,27,30)/t16-/m1/s1. The summed E-state index contributed by atoms with van der Waals surface area (Å²) in [7, 11) is 0. The fourth-order valence-electron chi connectivity index (χ4n) is 2.61. The summed E-state index contributed by atoms with van der Waals surface area (Å²) in [6.07, 6.45) is -3.12. The third-order valence-corrected chi connectivity index (χ3v) is 4.27. The van der Waals surface area contributed by atoms with Crippen LogP contribution in [0.4, 0.5) is 38.4 Å². The van der Waals surface area contributed by atoms with Crippen LogP contribution in [-0.2, 0) is 10.3 Å². The monoisotopic (exact) mass is 477 g/mol. The van der Waals surface area contributed by atoms with Gasteiger partial charge in [0.25, 0.3) is 18.3 Å². The number of nitrogen functional groups attached to an aromatic ring is 1. The van der Waals surface area contributed by atoms with Gasteiger partial charge >= 0.3 is 12.0 Å². The molecule has 0 aromatic carbocycles. The Labute approximate surface area is 182 Å². The quantitative estimate of drug-likeness (QED) is 0.529. The Balaban J connectivity index is 1.77. The molecule has 0 saturated heterocycles. The predicted molar refractivity (Wildman–Crippen MR) is 102 cm³/mol. The number of nitrogens with zero attached hydrogens (tertiary/aromatic N) is 4. The van der Waals surface area contributed by atoms with Crippen molar-refractivity contribution in [2.24, 2.45) is 10.7 Å². The topological polar surface area (TPSA) is 160 Å². The van der Waals surface area contributed by atoms with Crippen LogP contribution in [0.5, 0.6) is 11.8 Å². The number of amides is 1. The highest BCUT2D eigenvalue weighted by molar-refractivity contribution is 5.85. The minimum Gasteiger partial charge on any atom is -0.470 e. The lowest BCUT2D eigenvalue weighted by atomic mass is 9.89. The molecule has 0 spiro atoms. The summed E-state index contributed by atoms with van der Waals surface area (Å²) in [5.74, 6) is -6.51. The Bertz CT molecular complexity index is 1090. The number of carbonyl (C=O) groups is 1. The smallest absolute Gasteiger partial charge is 0.419 e. The number of ether oxygens (including phenoxy) is 3. The average Bonchev–Trinajstić information content (AvgIpc) is 2.73. The number of alkyl halides is 4. The predicted octanol–water partition coefficient (Wildman–Crippen LogP) is 2.04. The number of halogens is 5. The first-order chi connectivity index (χ1) is 15.4. The highest BCUT2D eigenvalue weighted by Crippen LogP contribution is 2.43. The molecule has 33 heavy (non-hydrogen) atoms. The summed E-state index contributed by atoms with van der Waals surface area (Å²) in [4.78, 5) is 26.6. The molecule has 3 heterocycles. The van der Waals surface area contributed by atoms with Crippen LogP contribution in [0.25, 0.3) is 0 Å². The number of nitrogens with two attached hydrogens (primary N) is 2. The van der Waals surface area contributed by atoms with Crippen molar-refractivity contribution in [3.05, 3.63) is 29.8 Å². The number of rotatable bonds is 6. The lowest BCUT2D eigenvalue weighted by Crippen LogP contribution is -2.51. The second kappa shape index (κ2) is 8.87. The molecule has 2 aromatic heterocycles. The molecule has 1 aliphatic rings. The molecule has 178 valence electrons. The van der Waals surface area contributed by atoms with E-state index in [1.807, 2.05) is 0 Å². The normalized spacial score (nSPS) is 19.4. The first-order valence-corrected chi connectivity index (χ1v) is 8.96. The highest BCUT2D eigenvalue weighted by Gasteiger charge is 2.57. The number of anilines is 2. The maximum atomic E-state index is 14.5. The zero-order valence-corrected chi connectivity index (χ0v) is 16.7. The van der Waals surface area contributed by atoms with Gasteiger partial charge in [-0.3, -0.25) is 5.32 Å². The molecule has 2 aromatic rings. The molecule has 1 atom stereocenters. The van der Waals surface area contributed by atoms with Gasteiger partial charge in [-0.15, -0.1) is 0 Å². The van der Waals surface area contributed by atoms with Gasteiger partial charge in [0.1, 0.15) is 17.3 Å². The van der Waals surface area contributed by atoms with Gasteiger partial charge in [0, 0.05) is 0 Å². The van der Waals surface area contributed by atoms with Crippen molar-refractivity contribution in [2.45, 2.75) is 24.8 Å². The molecule has 0 aliphatic carbocycles. The lowest BCUT2D eigenvalue weighted by Gasteiger charge is -2.36. The molecule has 16 heteroatoms. The van der Waals surface area contributed by atoms with Crippen LogP contribution in [0.15, 0.2) is 23.3 Å². The van der Waals surface area contributed by atoms with Crippen LogP contribution < -0.4 is 26.3 Å². The lowest BCUT2D eigenvalue weighted by molar-refractivity contribution is -0.118. The van der Waals surface area contributed by atoms with Crippen LogP contribution in [0.2, 0.25) is 0 Å². The molecular weight excluding hydrogens is 461 g/mol. The fraction of sp³-hybridized carbons (Fsp3) is 0.353. The number of nitrogens with one attached hydrogen (secondary N) is 1. The van der Waals surface area contributed by atoms with Crippen molar-refractivity contribution < 1.29 is 41.0 Å². The van der Waals surface area contributed by atoms with Gasteiger partial charge in [0.2, 0.25) is 5.88 Å². The number of aromatic nitrogens is 3. The van der Waals surface area contributed by atoms with Gasteiger partial charge < -0.3 is 25.7 Å². The Morgan fingerprint density at radius 2 is 2.03 bits per heavy atom. The molecule has 0 bridgehead atoms. The SMILES string of the molecule is C[C@]1(c2nc(NC(=O)Oc3ncc(OCC(F)F)nc3N)ccc2F)N=C(N)OCC1(F)F. The largest absolute Gasteiger partial charge is 0.470 e.